The molecule has 0 amide bonds. The fraction of sp³-hybridized carbons (Fsp3) is 0.400. The van der Waals surface area contributed by atoms with Crippen LogP contribution in [0, 0.1) is 0 Å². The minimum Gasteiger partial charge on any atom is -0.212 e. The van der Waals surface area contributed by atoms with E-state index < -0.39 is 9.05 Å². The van der Waals surface area contributed by atoms with E-state index in [0.29, 0.717) is 0 Å². The van der Waals surface area contributed by atoms with E-state index >= 15 is 0 Å². The summed E-state index contributed by atoms with van der Waals surface area (Å²) in [4.78, 5) is 0. The van der Waals surface area contributed by atoms with Crippen molar-refractivity contribution >= 4 is 35.7 Å². The van der Waals surface area contributed by atoms with Crippen LogP contribution in [0.3, 0.4) is 0 Å². The van der Waals surface area contributed by atoms with E-state index in [0.717, 1.165) is 15.6 Å². The van der Waals surface area contributed by atoms with Crippen molar-refractivity contribution in [2.75, 3.05) is 0 Å². The Balaban J connectivity index is 3.19. The Kier molecular flexibility index (Phi) is 4.20. The fourth-order valence-electron chi connectivity index (χ4n) is 1.45. The van der Waals surface area contributed by atoms with Gasteiger partial charge in [0, 0.05) is 15.2 Å². The highest BCUT2D eigenvalue weighted by Crippen LogP contribution is 2.25. The summed E-state index contributed by atoms with van der Waals surface area (Å²) >= 11 is 3.32. The Morgan fingerprint density at radius 2 is 2.00 bits per heavy atom. The monoisotopic (exact) mass is 310 g/mol. The van der Waals surface area contributed by atoms with Crippen LogP contribution in [0.2, 0.25) is 0 Å². The average molecular weight is 312 g/mol. The first-order chi connectivity index (χ1) is 6.79. The third kappa shape index (κ3) is 4.13. The molecule has 0 N–H and O–H groups in total. The van der Waals surface area contributed by atoms with Crippen molar-refractivity contribution < 1.29 is 8.42 Å². The Morgan fingerprint density at radius 1 is 1.40 bits per heavy atom. The summed E-state index contributed by atoms with van der Waals surface area (Å²) in [7, 11) is 1.76. The van der Waals surface area contributed by atoms with Crippen LogP contribution in [0.25, 0.3) is 0 Å². The summed E-state index contributed by atoms with van der Waals surface area (Å²) in [5, 5.41) is 0. The Bertz CT molecular complexity index is 454. The Morgan fingerprint density at radius 3 is 2.47 bits per heavy atom. The fourth-order valence-corrected chi connectivity index (χ4v) is 2.83. The van der Waals surface area contributed by atoms with Crippen LogP contribution in [0.5, 0.6) is 0 Å². The molecule has 0 aliphatic carbocycles. The first-order valence-corrected chi connectivity index (χ1v) is 7.77. The molecular weight excluding hydrogens is 300 g/mol. The maximum atomic E-state index is 11.0. The van der Waals surface area contributed by atoms with E-state index in [1.54, 1.807) is 6.07 Å². The smallest absolute Gasteiger partial charge is 0.212 e. The average Bonchev–Trinajstić information content (AvgIpc) is 1.99. The van der Waals surface area contributed by atoms with Crippen molar-refractivity contribution in [3.8, 4) is 0 Å². The lowest BCUT2D eigenvalue weighted by Gasteiger charge is -2.11. The van der Waals surface area contributed by atoms with E-state index in [1.807, 2.05) is 26.0 Å². The van der Waals surface area contributed by atoms with Gasteiger partial charge in [0.05, 0.1) is 5.75 Å². The molecule has 0 bridgehead atoms. The molecule has 1 rings (SSSR count). The number of hydrogen-bond donors (Lipinski definition) is 0. The summed E-state index contributed by atoms with van der Waals surface area (Å²) in [5.41, 5.74) is 1.77. The zero-order valence-electron chi connectivity index (χ0n) is 8.50. The molecule has 15 heavy (non-hydrogen) atoms. The molecular formula is C10H12BrClO2S. The van der Waals surface area contributed by atoms with E-state index in [-0.39, 0.29) is 11.7 Å². The highest BCUT2D eigenvalue weighted by atomic mass is 79.9. The maximum Gasteiger partial charge on any atom is 0.236 e. The van der Waals surface area contributed by atoms with Gasteiger partial charge in [0.2, 0.25) is 9.05 Å². The lowest BCUT2D eigenvalue weighted by Crippen LogP contribution is -2.01. The molecule has 0 aromatic heterocycles. The van der Waals surface area contributed by atoms with Gasteiger partial charge in [-0.05, 0) is 29.2 Å². The van der Waals surface area contributed by atoms with Gasteiger partial charge in [0.25, 0.3) is 0 Å². The lowest BCUT2D eigenvalue weighted by atomic mass is 9.98. The van der Waals surface area contributed by atoms with Gasteiger partial charge in [-0.1, -0.05) is 35.8 Å². The van der Waals surface area contributed by atoms with E-state index in [9.17, 15) is 8.42 Å². The molecule has 0 saturated carbocycles. The van der Waals surface area contributed by atoms with Crippen molar-refractivity contribution in [3.63, 3.8) is 0 Å². The first kappa shape index (κ1) is 13.0. The molecule has 0 fully saturated rings. The molecule has 0 aliphatic rings. The third-order valence-electron chi connectivity index (χ3n) is 2.05. The van der Waals surface area contributed by atoms with Crippen LogP contribution >= 0.6 is 26.6 Å². The molecule has 0 aliphatic heterocycles. The molecule has 2 nitrogen and oxygen atoms in total. The largest absolute Gasteiger partial charge is 0.236 e. The van der Waals surface area contributed by atoms with E-state index in [1.165, 1.54) is 0 Å². The van der Waals surface area contributed by atoms with Gasteiger partial charge in [-0.3, -0.25) is 0 Å². The Labute approximate surface area is 103 Å². The number of hydrogen-bond acceptors (Lipinski definition) is 2. The second-order valence-electron chi connectivity index (χ2n) is 3.68. The lowest BCUT2D eigenvalue weighted by molar-refractivity contribution is 0.608. The molecule has 0 atom stereocenters. The van der Waals surface area contributed by atoms with Gasteiger partial charge in [0.15, 0.2) is 0 Å². The molecule has 0 spiro atoms. The van der Waals surface area contributed by atoms with Gasteiger partial charge in [0.1, 0.15) is 0 Å². The van der Waals surface area contributed by atoms with Crippen LogP contribution in [0.1, 0.15) is 30.9 Å². The molecule has 0 heterocycles. The quantitative estimate of drug-likeness (QED) is 0.799. The van der Waals surface area contributed by atoms with Gasteiger partial charge in [-0.15, -0.1) is 0 Å². The van der Waals surface area contributed by atoms with Crippen molar-refractivity contribution in [2.24, 2.45) is 0 Å². The van der Waals surface area contributed by atoms with Crippen LogP contribution in [0.4, 0.5) is 0 Å². The molecule has 0 saturated heterocycles. The molecule has 84 valence electrons. The van der Waals surface area contributed by atoms with Gasteiger partial charge < -0.3 is 0 Å². The predicted molar refractivity (Wildman–Crippen MR) is 66.7 cm³/mol. The normalized spacial score (nSPS) is 12.1. The van der Waals surface area contributed by atoms with Gasteiger partial charge in [-0.2, -0.15) is 0 Å². The van der Waals surface area contributed by atoms with Crippen LogP contribution < -0.4 is 0 Å². The molecule has 1 aromatic carbocycles. The van der Waals surface area contributed by atoms with E-state index in [2.05, 4.69) is 15.9 Å². The van der Waals surface area contributed by atoms with Gasteiger partial charge >= 0.3 is 0 Å². The first-order valence-electron chi connectivity index (χ1n) is 4.50. The summed E-state index contributed by atoms with van der Waals surface area (Å²) in [6, 6.07) is 5.63. The van der Waals surface area contributed by atoms with Crippen LogP contribution in [0.15, 0.2) is 22.7 Å². The molecule has 1 aromatic rings. The third-order valence-corrected chi connectivity index (χ3v) is 3.53. The molecule has 5 heteroatoms. The van der Waals surface area contributed by atoms with E-state index in [4.69, 9.17) is 10.7 Å². The van der Waals surface area contributed by atoms with Gasteiger partial charge in [-0.25, -0.2) is 8.42 Å². The molecule has 0 unspecified atom stereocenters. The highest BCUT2D eigenvalue weighted by molar-refractivity contribution is 9.10. The predicted octanol–water partition coefficient (Wildman–Crippen LogP) is 3.64. The number of halogens is 2. The maximum absolute atomic E-state index is 11.0. The second kappa shape index (κ2) is 4.85. The highest BCUT2D eigenvalue weighted by Gasteiger charge is 2.13. The van der Waals surface area contributed by atoms with Crippen molar-refractivity contribution in [1.29, 1.82) is 0 Å². The van der Waals surface area contributed by atoms with Crippen LogP contribution in [-0.4, -0.2) is 8.42 Å². The summed E-state index contributed by atoms with van der Waals surface area (Å²) in [6.45, 7) is 4.04. The topological polar surface area (TPSA) is 34.1 Å². The van der Waals surface area contributed by atoms with Crippen LogP contribution in [-0.2, 0) is 14.8 Å². The number of rotatable bonds is 3. The Hall–Kier alpha value is -0.0600. The number of benzene rings is 1. The summed E-state index contributed by atoms with van der Waals surface area (Å²) in [6.07, 6.45) is 0. The minimum absolute atomic E-state index is 0.124. The second-order valence-corrected chi connectivity index (χ2v) is 7.37. The van der Waals surface area contributed by atoms with Crippen molar-refractivity contribution in [3.05, 3.63) is 33.8 Å². The minimum atomic E-state index is -3.50. The zero-order valence-corrected chi connectivity index (χ0v) is 11.7. The zero-order chi connectivity index (χ0) is 11.6. The SMILES string of the molecule is CC(C)c1ccc(Br)cc1CS(=O)(=O)Cl. The molecule has 0 radical (unpaired) electrons. The summed E-state index contributed by atoms with van der Waals surface area (Å²) in [5.74, 6) is 0.160. The van der Waals surface area contributed by atoms with Crippen molar-refractivity contribution in [2.45, 2.75) is 25.5 Å². The van der Waals surface area contributed by atoms with Crippen molar-refractivity contribution in [1.82, 2.24) is 0 Å². The summed E-state index contributed by atoms with van der Waals surface area (Å²) < 4.78 is 22.9. The standard InChI is InChI=1S/C10H12BrClO2S/c1-7(2)10-4-3-9(11)5-8(10)6-15(12,13)14/h3-5,7H,6H2,1-2H3.